The second-order valence-corrected chi connectivity index (χ2v) is 9.25. The molecule has 2 saturated heterocycles. The van der Waals surface area contributed by atoms with Crippen LogP contribution in [0.2, 0.25) is 0 Å². The van der Waals surface area contributed by atoms with E-state index in [0.29, 0.717) is 44.8 Å². The second-order valence-electron chi connectivity index (χ2n) is 9.25. The number of benzene rings is 1. The fraction of sp³-hybridized carbons (Fsp3) is 0.609. The summed E-state index contributed by atoms with van der Waals surface area (Å²) >= 11 is 0. The average Bonchev–Trinajstić information content (AvgIpc) is 3.05. The van der Waals surface area contributed by atoms with E-state index in [0.717, 1.165) is 5.56 Å². The number of piperidine rings is 1. The van der Waals surface area contributed by atoms with E-state index in [1.165, 1.54) is 14.2 Å². The summed E-state index contributed by atoms with van der Waals surface area (Å²) < 4.78 is 26.4. The summed E-state index contributed by atoms with van der Waals surface area (Å²) in [6.07, 6.45) is 0.320. The molecule has 1 spiro atoms. The lowest BCUT2D eigenvalue weighted by molar-refractivity contribution is -0.0170. The Morgan fingerprint density at radius 2 is 1.85 bits per heavy atom. The van der Waals surface area contributed by atoms with E-state index >= 15 is 0 Å². The highest BCUT2D eigenvalue weighted by Gasteiger charge is 2.47. The SMILES string of the molecule is COCOc1cc(CN2CC3(CCN(C(=O)OC(C)(C)C)CC3)OC2=O)ccc1C(=O)OC. The van der Waals surface area contributed by atoms with E-state index in [9.17, 15) is 14.4 Å². The summed E-state index contributed by atoms with van der Waals surface area (Å²) in [4.78, 5) is 40.2. The van der Waals surface area contributed by atoms with Crippen LogP contribution in [0.1, 0.15) is 49.5 Å². The average molecular weight is 465 g/mol. The minimum atomic E-state index is -0.628. The number of esters is 1. The van der Waals surface area contributed by atoms with Crippen LogP contribution >= 0.6 is 0 Å². The molecule has 10 heteroatoms. The number of amides is 2. The summed E-state index contributed by atoms with van der Waals surface area (Å²) in [5.74, 6) is -0.210. The largest absolute Gasteiger partial charge is 0.467 e. The number of likely N-dealkylation sites (tertiary alicyclic amines) is 1. The van der Waals surface area contributed by atoms with Crippen molar-refractivity contribution >= 4 is 18.2 Å². The van der Waals surface area contributed by atoms with E-state index in [-0.39, 0.29) is 18.4 Å². The van der Waals surface area contributed by atoms with Crippen LogP contribution in [0, 0.1) is 0 Å². The predicted octanol–water partition coefficient (Wildman–Crippen LogP) is 3.18. The molecule has 0 bridgehead atoms. The molecule has 1 aromatic carbocycles. The van der Waals surface area contributed by atoms with Gasteiger partial charge in [-0.25, -0.2) is 14.4 Å². The molecule has 0 radical (unpaired) electrons. The van der Waals surface area contributed by atoms with Crippen LogP contribution in [0.4, 0.5) is 9.59 Å². The molecule has 2 fully saturated rings. The van der Waals surface area contributed by atoms with Gasteiger partial charge in [-0.2, -0.15) is 0 Å². The molecule has 1 aromatic rings. The van der Waals surface area contributed by atoms with Gasteiger partial charge in [0.15, 0.2) is 6.79 Å². The normalized spacial score (nSPS) is 17.7. The molecule has 0 atom stereocenters. The first-order valence-corrected chi connectivity index (χ1v) is 10.8. The molecule has 2 amide bonds. The van der Waals surface area contributed by atoms with Crippen molar-refractivity contribution in [2.24, 2.45) is 0 Å². The van der Waals surface area contributed by atoms with Crippen LogP contribution in [-0.4, -0.2) is 79.8 Å². The van der Waals surface area contributed by atoms with Crippen LogP contribution in [0.3, 0.4) is 0 Å². The number of methoxy groups -OCH3 is 2. The second kappa shape index (κ2) is 9.86. The first-order valence-electron chi connectivity index (χ1n) is 10.8. The minimum absolute atomic E-state index is 0.0313. The quantitative estimate of drug-likeness (QED) is 0.359. The molecule has 33 heavy (non-hydrogen) atoms. The van der Waals surface area contributed by atoms with Gasteiger partial charge in [0.05, 0.1) is 13.7 Å². The summed E-state index contributed by atoms with van der Waals surface area (Å²) in [5, 5.41) is 0. The number of rotatable bonds is 6. The van der Waals surface area contributed by atoms with Crippen molar-refractivity contribution in [1.29, 1.82) is 0 Å². The zero-order valence-electron chi connectivity index (χ0n) is 19.8. The first kappa shape index (κ1) is 24.6. The van der Waals surface area contributed by atoms with Crippen LogP contribution in [0.15, 0.2) is 18.2 Å². The summed E-state index contributed by atoms with van der Waals surface area (Å²) in [6.45, 7) is 7.08. The Balaban J connectivity index is 1.64. The van der Waals surface area contributed by atoms with Crippen molar-refractivity contribution in [2.75, 3.05) is 40.6 Å². The van der Waals surface area contributed by atoms with Gasteiger partial charge in [-0.3, -0.25) is 4.90 Å². The van der Waals surface area contributed by atoms with Crippen molar-refractivity contribution in [1.82, 2.24) is 9.80 Å². The van der Waals surface area contributed by atoms with Gasteiger partial charge in [0.2, 0.25) is 0 Å². The van der Waals surface area contributed by atoms with E-state index in [1.807, 2.05) is 20.8 Å². The van der Waals surface area contributed by atoms with E-state index < -0.39 is 23.3 Å². The topological polar surface area (TPSA) is 104 Å². The maximum Gasteiger partial charge on any atom is 0.410 e. The van der Waals surface area contributed by atoms with Gasteiger partial charge in [0, 0.05) is 39.6 Å². The fourth-order valence-electron chi connectivity index (χ4n) is 3.90. The Morgan fingerprint density at radius 1 is 1.15 bits per heavy atom. The highest BCUT2D eigenvalue weighted by atomic mass is 16.7. The third-order valence-corrected chi connectivity index (χ3v) is 5.52. The molecular weight excluding hydrogens is 432 g/mol. The standard InChI is InChI=1S/C23H32N2O8/c1-22(2,3)32-20(27)24-10-8-23(9-11-24)14-25(21(28)33-23)13-16-6-7-17(19(26)30-5)18(12-16)31-15-29-4/h6-7,12H,8-11,13-15H2,1-5H3. The van der Waals surface area contributed by atoms with Crippen molar-refractivity contribution in [3.8, 4) is 5.75 Å². The lowest BCUT2D eigenvalue weighted by Gasteiger charge is -2.37. The molecule has 182 valence electrons. The van der Waals surface area contributed by atoms with Gasteiger partial charge in [-0.15, -0.1) is 0 Å². The summed E-state index contributed by atoms with van der Waals surface area (Å²) in [7, 11) is 2.78. The minimum Gasteiger partial charge on any atom is -0.467 e. The monoisotopic (exact) mass is 464 g/mol. The molecule has 10 nitrogen and oxygen atoms in total. The number of hydrogen-bond acceptors (Lipinski definition) is 8. The van der Waals surface area contributed by atoms with E-state index in [4.69, 9.17) is 23.7 Å². The molecule has 2 aliphatic rings. The fourth-order valence-corrected chi connectivity index (χ4v) is 3.90. The Labute approximate surface area is 193 Å². The van der Waals surface area contributed by atoms with Crippen LogP contribution in [0.5, 0.6) is 5.75 Å². The van der Waals surface area contributed by atoms with Crippen LogP contribution in [0.25, 0.3) is 0 Å². The summed E-state index contributed by atoms with van der Waals surface area (Å²) in [5.41, 5.74) is -0.142. The van der Waals surface area contributed by atoms with E-state index in [2.05, 4.69) is 0 Å². The van der Waals surface area contributed by atoms with Gasteiger partial charge >= 0.3 is 18.2 Å². The third kappa shape index (κ3) is 6.07. The number of hydrogen-bond donors (Lipinski definition) is 0. The Kier molecular flexibility index (Phi) is 7.36. The number of ether oxygens (including phenoxy) is 5. The van der Waals surface area contributed by atoms with Crippen LogP contribution < -0.4 is 4.74 Å². The number of nitrogens with zero attached hydrogens (tertiary/aromatic N) is 2. The zero-order chi connectivity index (χ0) is 24.2. The van der Waals surface area contributed by atoms with Crippen molar-refractivity contribution in [3.63, 3.8) is 0 Å². The lowest BCUT2D eigenvalue weighted by atomic mass is 9.91. The maximum atomic E-state index is 12.6. The smallest absolute Gasteiger partial charge is 0.410 e. The predicted molar refractivity (Wildman–Crippen MR) is 117 cm³/mol. The van der Waals surface area contributed by atoms with Gasteiger partial charge in [0.1, 0.15) is 22.5 Å². The number of carbonyl (C=O) groups excluding carboxylic acids is 3. The van der Waals surface area contributed by atoms with Gasteiger partial charge in [-0.05, 0) is 38.5 Å². The van der Waals surface area contributed by atoms with Crippen molar-refractivity contribution in [2.45, 2.75) is 51.4 Å². The molecule has 0 saturated carbocycles. The Morgan fingerprint density at radius 3 is 2.45 bits per heavy atom. The Bertz CT molecular complexity index is 887. The van der Waals surface area contributed by atoms with Gasteiger partial charge in [-0.1, -0.05) is 6.07 Å². The highest BCUT2D eigenvalue weighted by molar-refractivity contribution is 5.92. The molecule has 2 heterocycles. The van der Waals surface area contributed by atoms with E-state index in [1.54, 1.807) is 28.0 Å². The van der Waals surface area contributed by atoms with Crippen molar-refractivity contribution < 1.29 is 38.1 Å². The first-order chi connectivity index (χ1) is 15.6. The lowest BCUT2D eigenvalue weighted by Crippen LogP contribution is -2.49. The molecule has 0 N–H and O–H groups in total. The molecule has 0 aromatic heterocycles. The number of carbonyl (C=O) groups is 3. The molecule has 3 rings (SSSR count). The van der Waals surface area contributed by atoms with Crippen LogP contribution in [-0.2, 0) is 25.5 Å². The molecule has 0 aliphatic carbocycles. The van der Waals surface area contributed by atoms with Crippen molar-refractivity contribution in [3.05, 3.63) is 29.3 Å². The van der Waals surface area contributed by atoms with Gasteiger partial charge < -0.3 is 28.6 Å². The highest BCUT2D eigenvalue weighted by Crippen LogP contribution is 2.35. The molecule has 2 aliphatic heterocycles. The zero-order valence-corrected chi connectivity index (χ0v) is 19.8. The summed E-state index contributed by atoms with van der Waals surface area (Å²) in [6, 6.07) is 5.03. The molecule has 0 unspecified atom stereocenters. The van der Waals surface area contributed by atoms with Gasteiger partial charge in [0.25, 0.3) is 0 Å². The Hall–Kier alpha value is -3.01. The molecular formula is C23H32N2O8. The maximum absolute atomic E-state index is 12.6. The third-order valence-electron chi connectivity index (χ3n) is 5.52.